The van der Waals surface area contributed by atoms with Crippen molar-refractivity contribution in [2.45, 2.75) is 25.6 Å². The van der Waals surface area contributed by atoms with Gasteiger partial charge in [0.05, 0.1) is 18.9 Å². The highest BCUT2D eigenvalue weighted by molar-refractivity contribution is 6.01. The lowest BCUT2D eigenvalue weighted by Gasteiger charge is -2.08. The van der Waals surface area contributed by atoms with Crippen molar-refractivity contribution in [1.29, 1.82) is 0 Å². The highest BCUT2D eigenvalue weighted by Gasteiger charge is 2.32. The molecule has 1 fully saturated rings. The third-order valence-corrected chi connectivity index (χ3v) is 3.25. The standard InChI is InChI=1S/C14H16N2O3/c1-9-2-4-10(5-3-9)12-6-11(19-16-12)7-15-14(17)13-8-18-13/h2-5,11,13H,6-8H2,1H3,(H,15,17). The van der Waals surface area contributed by atoms with E-state index in [9.17, 15) is 4.79 Å². The number of aryl methyl sites for hydroxylation is 1. The molecule has 3 rings (SSSR count). The second-order valence-corrected chi connectivity index (χ2v) is 4.90. The molecule has 1 saturated heterocycles. The first kappa shape index (κ1) is 12.2. The summed E-state index contributed by atoms with van der Waals surface area (Å²) in [5.41, 5.74) is 3.23. The summed E-state index contributed by atoms with van der Waals surface area (Å²) in [5.74, 6) is -0.0626. The van der Waals surface area contributed by atoms with E-state index in [1.807, 2.05) is 12.1 Å². The zero-order valence-electron chi connectivity index (χ0n) is 10.8. The smallest absolute Gasteiger partial charge is 0.251 e. The van der Waals surface area contributed by atoms with Crippen molar-refractivity contribution in [2.75, 3.05) is 13.2 Å². The molecule has 0 aliphatic carbocycles. The van der Waals surface area contributed by atoms with Crippen molar-refractivity contribution < 1.29 is 14.4 Å². The lowest BCUT2D eigenvalue weighted by atomic mass is 10.0. The van der Waals surface area contributed by atoms with Crippen LogP contribution in [0.2, 0.25) is 0 Å². The van der Waals surface area contributed by atoms with E-state index >= 15 is 0 Å². The fourth-order valence-electron chi connectivity index (χ4n) is 1.98. The molecule has 1 aromatic rings. The lowest BCUT2D eigenvalue weighted by Crippen LogP contribution is -2.35. The quantitative estimate of drug-likeness (QED) is 0.822. The van der Waals surface area contributed by atoms with Crippen LogP contribution < -0.4 is 5.32 Å². The normalized spacial score (nSPS) is 24.6. The summed E-state index contributed by atoms with van der Waals surface area (Å²) in [5, 5.41) is 6.89. The zero-order valence-corrected chi connectivity index (χ0v) is 10.8. The molecule has 100 valence electrons. The van der Waals surface area contributed by atoms with Crippen molar-refractivity contribution in [2.24, 2.45) is 5.16 Å². The average molecular weight is 260 g/mol. The summed E-state index contributed by atoms with van der Waals surface area (Å²) >= 11 is 0. The van der Waals surface area contributed by atoms with Crippen LogP contribution in [-0.2, 0) is 14.4 Å². The molecule has 2 aliphatic heterocycles. The Kier molecular flexibility index (Phi) is 3.21. The molecule has 2 heterocycles. The van der Waals surface area contributed by atoms with Crippen LogP contribution in [0.15, 0.2) is 29.4 Å². The van der Waals surface area contributed by atoms with Crippen molar-refractivity contribution in [3.63, 3.8) is 0 Å². The maximum atomic E-state index is 11.4. The van der Waals surface area contributed by atoms with Gasteiger partial charge in [0, 0.05) is 6.42 Å². The molecule has 1 amide bonds. The summed E-state index contributed by atoms with van der Waals surface area (Å²) < 4.78 is 4.91. The monoisotopic (exact) mass is 260 g/mol. The molecule has 2 unspecified atom stereocenters. The molecule has 0 saturated carbocycles. The Labute approximate surface area is 111 Å². The average Bonchev–Trinajstić information content (AvgIpc) is 3.16. The van der Waals surface area contributed by atoms with Gasteiger partial charge in [-0.25, -0.2) is 0 Å². The summed E-state index contributed by atoms with van der Waals surface area (Å²) in [6.07, 6.45) is 0.382. The van der Waals surface area contributed by atoms with Gasteiger partial charge in [-0.3, -0.25) is 4.79 Å². The van der Waals surface area contributed by atoms with E-state index in [1.54, 1.807) is 0 Å². The highest BCUT2D eigenvalue weighted by Crippen LogP contribution is 2.17. The lowest BCUT2D eigenvalue weighted by molar-refractivity contribution is -0.122. The molecule has 19 heavy (non-hydrogen) atoms. The summed E-state index contributed by atoms with van der Waals surface area (Å²) in [7, 11) is 0. The molecule has 0 spiro atoms. The van der Waals surface area contributed by atoms with E-state index in [0.29, 0.717) is 13.2 Å². The van der Waals surface area contributed by atoms with E-state index in [0.717, 1.165) is 17.7 Å². The Morgan fingerprint density at radius 1 is 1.42 bits per heavy atom. The molecule has 5 nitrogen and oxygen atoms in total. The van der Waals surface area contributed by atoms with Gasteiger partial charge < -0.3 is 14.9 Å². The summed E-state index contributed by atoms with van der Waals surface area (Å²) in [6.45, 7) is 3.05. The van der Waals surface area contributed by atoms with E-state index in [4.69, 9.17) is 9.57 Å². The number of carbonyl (C=O) groups is 1. The van der Waals surface area contributed by atoms with Crippen LogP contribution >= 0.6 is 0 Å². The molecular formula is C14H16N2O3. The fourth-order valence-corrected chi connectivity index (χ4v) is 1.98. The van der Waals surface area contributed by atoms with Gasteiger partial charge in [-0.2, -0.15) is 0 Å². The van der Waals surface area contributed by atoms with Crippen LogP contribution in [0.25, 0.3) is 0 Å². The van der Waals surface area contributed by atoms with Crippen molar-refractivity contribution >= 4 is 11.6 Å². The number of benzene rings is 1. The molecule has 0 radical (unpaired) electrons. The SMILES string of the molecule is Cc1ccc(C2=NOC(CNC(=O)C3CO3)C2)cc1. The van der Waals surface area contributed by atoms with Crippen LogP contribution in [0.4, 0.5) is 0 Å². The number of ether oxygens (including phenoxy) is 1. The van der Waals surface area contributed by atoms with Crippen LogP contribution in [0, 0.1) is 6.92 Å². The molecule has 2 aliphatic rings. The van der Waals surface area contributed by atoms with Gasteiger partial charge in [0.2, 0.25) is 0 Å². The van der Waals surface area contributed by atoms with E-state index in [1.165, 1.54) is 5.56 Å². The van der Waals surface area contributed by atoms with Crippen LogP contribution in [-0.4, -0.2) is 37.0 Å². The Morgan fingerprint density at radius 3 is 2.84 bits per heavy atom. The number of hydrogen-bond acceptors (Lipinski definition) is 4. The minimum absolute atomic E-state index is 0.0626. The maximum absolute atomic E-state index is 11.4. The van der Waals surface area contributed by atoms with Gasteiger partial charge in [0.1, 0.15) is 6.10 Å². The maximum Gasteiger partial charge on any atom is 0.251 e. The molecule has 2 atom stereocenters. The number of nitrogens with zero attached hydrogens (tertiary/aromatic N) is 1. The van der Waals surface area contributed by atoms with E-state index < -0.39 is 0 Å². The van der Waals surface area contributed by atoms with E-state index in [2.05, 4.69) is 29.5 Å². The number of amides is 1. The van der Waals surface area contributed by atoms with Gasteiger partial charge >= 0.3 is 0 Å². The molecular weight excluding hydrogens is 244 g/mol. The van der Waals surface area contributed by atoms with Crippen LogP contribution in [0.1, 0.15) is 17.5 Å². The highest BCUT2D eigenvalue weighted by atomic mass is 16.6. The van der Waals surface area contributed by atoms with Crippen LogP contribution in [0.5, 0.6) is 0 Å². The van der Waals surface area contributed by atoms with Crippen molar-refractivity contribution in [3.05, 3.63) is 35.4 Å². The Bertz CT molecular complexity index is 506. The second kappa shape index (κ2) is 5.01. The van der Waals surface area contributed by atoms with Gasteiger partial charge in [-0.05, 0) is 12.5 Å². The topological polar surface area (TPSA) is 63.2 Å². The Balaban J connectivity index is 1.51. The number of carbonyl (C=O) groups excluding carboxylic acids is 1. The minimum atomic E-state index is -0.251. The third kappa shape index (κ3) is 2.93. The first-order chi connectivity index (χ1) is 9.22. The van der Waals surface area contributed by atoms with Crippen LogP contribution in [0.3, 0.4) is 0 Å². The van der Waals surface area contributed by atoms with Crippen molar-refractivity contribution in [1.82, 2.24) is 5.32 Å². The van der Waals surface area contributed by atoms with Gasteiger partial charge in [-0.1, -0.05) is 35.0 Å². The number of epoxide rings is 1. The zero-order chi connectivity index (χ0) is 13.2. The van der Waals surface area contributed by atoms with E-state index in [-0.39, 0.29) is 18.1 Å². The molecule has 5 heteroatoms. The largest absolute Gasteiger partial charge is 0.390 e. The first-order valence-corrected chi connectivity index (χ1v) is 6.41. The van der Waals surface area contributed by atoms with Crippen molar-refractivity contribution in [3.8, 4) is 0 Å². The first-order valence-electron chi connectivity index (χ1n) is 6.41. The predicted molar refractivity (Wildman–Crippen MR) is 70.0 cm³/mol. The Hall–Kier alpha value is -1.88. The summed E-state index contributed by atoms with van der Waals surface area (Å²) in [4.78, 5) is 16.8. The molecule has 0 bridgehead atoms. The number of rotatable bonds is 4. The Morgan fingerprint density at radius 2 is 2.16 bits per heavy atom. The van der Waals surface area contributed by atoms with Gasteiger partial charge in [-0.15, -0.1) is 0 Å². The minimum Gasteiger partial charge on any atom is -0.390 e. The number of oxime groups is 1. The predicted octanol–water partition coefficient (Wildman–Crippen LogP) is 1.00. The number of nitrogens with one attached hydrogen (secondary N) is 1. The molecule has 1 N–H and O–H groups in total. The molecule has 1 aromatic carbocycles. The van der Waals surface area contributed by atoms with Gasteiger partial charge in [0.25, 0.3) is 5.91 Å². The fraction of sp³-hybridized carbons (Fsp3) is 0.429. The molecule has 0 aromatic heterocycles. The number of hydrogen-bond donors (Lipinski definition) is 1. The third-order valence-electron chi connectivity index (χ3n) is 3.25. The second-order valence-electron chi connectivity index (χ2n) is 4.90. The summed E-state index contributed by atoms with van der Waals surface area (Å²) in [6, 6.07) is 8.18. The van der Waals surface area contributed by atoms with Gasteiger partial charge in [0.15, 0.2) is 6.10 Å².